The van der Waals surface area contributed by atoms with Crippen LogP contribution in [0.5, 0.6) is 5.75 Å². The van der Waals surface area contributed by atoms with Gasteiger partial charge in [-0.1, -0.05) is 15.9 Å². The van der Waals surface area contributed by atoms with Gasteiger partial charge >= 0.3 is 12.4 Å². The normalized spacial score (nSPS) is 13.5. The van der Waals surface area contributed by atoms with Gasteiger partial charge < -0.3 is 4.74 Å². The van der Waals surface area contributed by atoms with Crippen molar-refractivity contribution in [2.45, 2.75) is 19.3 Å². The average molecular weight is 351 g/mol. The fourth-order valence-electron chi connectivity index (χ4n) is 1.08. The van der Waals surface area contributed by atoms with E-state index in [1.54, 1.807) is 0 Å². The number of hydrogen-bond acceptors (Lipinski definition) is 1. The van der Waals surface area contributed by atoms with E-state index in [0.717, 1.165) is 0 Å². The molecule has 0 saturated heterocycles. The quantitative estimate of drug-likeness (QED) is 0.700. The van der Waals surface area contributed by atoms with E-state index >= 15 is 0 Å². The number of hydrogen-bond donors (Lipinski definition) is 0. The molecular weight excluding hydrogens is 342 g/mol. The molecule has 1 nitrogen and oxygen atoms in total. The van der Waals surface area contributed by atoms with E-state index in [4.69, 9.17) is 0 Å². The van der Waals surface area contributed by atoms with Crippen molar-refractivity contribution < 1.29 is 31.1 Å². The van der Waals surface area contributed by atoms with Crippen LogP contribution < -0.4 is 4.74 Å². The van der Waals surface area contributed by atoms with E-state index in [1.807, 2.05) is 0 Å². The second-order valence-electron chi connectivity index (χ2n) is 4.07. The first kappa shape index (κ1) is 16.1. The summed E-state index contributed by atoms with van der Waals surface area (Å²) in [6.07, 6.45) is -10.9. The molecule has 0 N–H and O–H groups in total. The van der Waals surface area contributed by atoms with Crippen LogP contribution in [0.2, 0.25) is 0 Å². The maximum Gasteiger partial charge on any atom is 0.406 e. The zero-order valence-electron chi connectivity index (χ0n) is 9.57. The fraction of sp³-hybridized carbons (Fsp3) is 0.455. The van der Waals surface area contributed by atoms with Crippen LogP contribution in [-0.4, -0.2) is 19.0 Å². The molecule has 0 amide bonds. The van der Waals surface area contributed by atoms with Gasteiger partial charge in [0.05, 0.1) is 0 Å². The molecule has 0 radical (unpaired) electrons. The Bertz CT molecular complexity index is 408. The summed E-state index contributed by atoms with van der Waals surface area (Å²) in [7, 11) is 0. The van der Waals surface area contributed by atoms with E-state index in [0.29, 0.717) is 4.47 Å². The van der Waals surface area contributed by atoms with Crippen molar-refractivity contribution in [1.29, 1.82) is 0 Å². The van der Waals surface area contributed by atoms with Crippen LogP contribution in [0, 0.1) is 5.41 Å². The molecule has 1 aromatic rings. The molecule has 1 aromatic carbocycles. The van der Waals surface area contributed by atoms with Crippen LogP contribution in [0.1, 0.15) is 6.92 Å². The Morgan fingerprint density at radius 1 is 0.947 bits per heavy atom. The lowest BCUT2D eigenvalue weighted by Crippen LogP contribution is -2.51. The molecular formula is C11H9BrF6O. The van der Waals surface area contributed by atoms with Crippen molar-refractivity contribution in [2.75, 3.05) is 6.61 Å². The van der Waals surface area contributed by atoms with Gasteiger partial charge in [-0.15, -0.1) is 0 Å². The SMILES string of the molecule is CC(COc1ccc(Br)cc1)(C(F)(F)F)C(F)(F)F. The summed E-state index contributed by atoms with van der Waals surface area (Å²) in [5.74, 6) is -0.0667. The first-order valence-corrected chi connectivity index (χ1v) is 5.78. The highest BCUT2D eigenvalue weighted by Gasteiger charge is 2.68. The Balaban J connectivity index is 2.89. The number of alkyl halides is 6. The lowest BCUT2D eigenvalue weighted by molar-refractivity contribution is -0.340. The van der Waals surface area contributed by atoms with Gasteiger partial charge in [-0.25, -0.2) is 0 Å². The van der Waals surface area contributed by atoms with Gasteiger partial charge in [0.15, 0.2) is 5.41 Å². The Labute approximate surface area is 113 Å². The molecule has 0 bridgehead atoms. The molecule has 0 unspecified atom stereocenters. The summed E-state index contributed by atoms with van der Waals surface area (Å²) < 4.78 is 80.6. The predicted molar refractivity (Wildman–Crippen MR) is 59.9 cm³/mol. The average Bonchev–Trinajstić information content (AvgIpc) is 2.24. The van der Waals surface area contributed by atoms with E-state index in [1.165, 1.54) is 24.3 Å². The van der Waals surface area contributed by atoms with Crippen molar-refractivity contribution in [3.63, 3.8) is 0 Å². The van der Waals surface area contributed by atoms with Crippen molar-refractivity contribution >= 4 is 15.9 Å². The largest absolute Gasteiger partial charge is 0.492 e. The van der Waals surface area contributed by atoms with Crippen molar-refractivity contribution in [3.05, 3.63) is 28.7 Å². The molecule has 0 aliphatic heterocycles. The van der Waals surface area contributed by atoms with Crippen LogP contribution in [0.3, 0.4) is 0 Å². The molecule has 0 aromatic heterocycles. The second-order valence-corrected chi connectivity index (χ2v) is 4.99. The molecule has 0 spiro atoms. The highest BCUT2D eigenvalue weighted by molar-refractivity contribution is 9.10. The topological polar surface area (TPSA) is 9.23 Å². The molecule has 0 aliphatic carbocycles. The van der Waals surface area contributed by atoms with E-state index in [-0.39, 0.29) is 12.7 Å². The third-order valence-corrected chi connectivity index (χ3v) is 3.12. The monoisotopic (exact) mass is 350 g/mol. The lowest BCUT2D eigenvalue weighted by Gasteiger charge is -2.33. The molecule has 0 saturated carbocycles. The number of benzene rings is 1. The van der Waals surface area contributed by atoms with Gasteiger partial charge in [0.2, 0.25) is 0 Å². The first-order chi connectivity index (χ1) is 8.47. The maximum absolute atomic E-state index is 12.6. The standard InChI is InChI=1S/C11H9BrF6O/c1-9(10(13,14)15,11(16,17)18)6-19-8-4-2-7(12)3-5-8/h2-5H,6H2,1H3. The molecule has 0 atom stereocenters. The van der Waals surface area contributed by atoms with Gasteiger partial charge in [-0.05, 0) is 31.2 Å². The van der Waals surface area contributed by atoms with E-state index in [2.05, 4.69) is 20.7 Å². The van der Waals surface area contributed by atoms with Gasteiger partial charge in [0.25, 0.3) is 0 Å². The Morgan fingerprint density at radius 3 is 1.74 bits per heavy atom. The third-order valence-electron chi connectivity index (χ3n) is 2.59. The molecule has 0 fully saturated rings. The molecule has 0 aliphatic rings. The summed E-state index contributed by atoms with van der Waals surface area (Å²) in [6, 6.07) is 5.45. The van der Waals surface area contributed by atoms with Crippen LogP contribution >= 0.6 is 15.9 Å². The van der Waals surface area contributed by atoms with Gasteiger partial charge in [0.1, 0.15) is 12.4 Å². The maximum atomic E-state index is 12.6. The van der Waals surface area contributed by atoms with Gasteiger partial charge in [-0.3, -0.25) is 0 Å². The summed E-state index contributed by atoms with van der Waals surface area (Å²) in [6.45, 7) is -1.45. The Kier molecular flexibility index (Phi) is 4.44. The summed E-state index contributed by atoms with van der Waals surface area (Å²) in [5, 5.41) is 0. The second kappa shape index (κ2) is 5.22. The summed E-state index contributed by atoms with van der Waals surface area (Å²) >= 11 is 3.08. The zero-order chi connectivity index (χ0) is 14.9. The van der Waals surface area contributed by atoms with E-state index in [9.17, 15) is 26.3 Å². The zero-order valence-corrected chi connectivity index (χ0v) is 11.2. The van der Waals surface area contributed by atoms with Crippen LogP contribution in [0.25, 0.3) is 0 Å². The number of rotatable bonds is 3. The highest BCUT2D eigenvalue weighted by atomic mass is 79.9. The molecule has 8 heteroatoms. The lowest BCUT2D eigenvalue weighted by atomic mass is 9.90. The Morgan fingerprint density at radius 2 is 1.37 bits per heavy atom. The predicted octanol–water partition coefficient (Wildman–Crippen LogP) is 4.96. The molecule has 1 rings (SSSR count). The minimum Gasteiger partial charge on any atom is -0.492 e. The number of ether oxygens (including phenoxy) is 1. The van der Waals surface area contributed by atoms with Gasteiger partial charge in [-0.2, -0.15) is 26.3 Å². The smallest absolute Gasteiger partial charge is 0.406 e. The summed E-state index contributed by atoms with van der Waals surface area (Å²) in [5.41, 5.74) is -3.91. The Hall–Kier alpha value is -0.920. The highest BCUT2D eigenvalue weighted by Crippen LogP contribution is 2.50. The molecule has 19 heavy (non-hydrogen) atoms. The van der Waals surface area contributed by atoms with Crippen molar-refractivity contribution in [2.24, 2.45) is 5.41 Å². The minimum absolute atomic E-state index is 0.0667. The third kappa shape index (κ3) is 3.55. The fourth-order valence-corrected chi connectivity index (χ4v) is 1.35. The molecule has 0 heterocycles. The van der Waals surface area contributed by atoms with Crippen LogP contribution in [0.15, 0.2) is 28.7 Å². The van der Waals surface area contributed by atoms with Crippen molar-refractivity contribution in [1.82, 2.24) is 0 Å². The minimum atomic E-state index is -5.44. The van der Waals surface area contributed by atoms with Crippen molar-refractivity contribution in [3.8, 4) is 5.75 Å². The summed E-state index contributed by atoms with van der Waals surface area (Å²) in [4.78, 5) is 0. The van der Waals surface area contributed by atoms with E-state index < -0.39 is 24.4 Å². The van der Waals surface area contributed by atoms with Gasteiger partial charge in [0, 0.05) is 4.47 Å². The van der Waals surface area contributed by atoms with Crippen LogP contribution in [-0.2, 0) is 0 Å². The van der Waals surface area contributed by atoms with Crippen LogP contribution in [0.4, 0.5) is 26.3 Å². The number of halogens is 7. The molecule has 108 valence electrons. The first-order valence-electron chi connectivity index (χ1n) is 4.99.